The lowest BCUT2D eigenvalue weighted by Gasteiger charge is -2.31. The number of carbonyl (C=O) groups excluding carboxylic acids is 1. The molecule has 1 aliphatic heterocycles. The third-order valence-corrected chi connectivity index (χ3v) is 6.88. The molecule has 0 aliphatic carbocycles. The zero-order valence-electron chi connectivity index (χ0n) is 21.9. The molecule has 0 radical (unpaired) electrons. The fraction of sp³-hybridized carbons (Fsp3) is 0.385. The van der Waals surface area contributed by atoms with Crippen molar-refractivity contribution >= 4 is 17.1 Å². The van der Waals surface area contributed by atoms with Gasteiger partial charge in [0.1, 0.15) is 11.2 Å². The number of imidazole rings is 1. The number of primary amides is 1. The summed E-state index contributed by atoms with van der Waals surface area (Å²) in [5, 5.41) is 4.17. The average molecular weight is 562 g/mol. The number of amides is 1. The molecule has 4 heterocycles. The molecule has 1 atom stereocenters. The highest BCUT2D eigenvalue weighted by molar-refractivity contribution is 6.00. The van der Waals surface area contributed by atoms with Gasteiger partial charge in [0.2, 0.25) is 0 Å². The number of pyridine rings is 1. The Hall–Kier alpha value is -4.20. The molecule has 0 saturated carbocycles. The van der Waals surface area contributed by atoms with E-state index in [2.05, 4.69) is 15.1 Å². The fourth-order valence-corrected chi connectivity index (χ4v) is 5.19. The first-order valence-corrected chi connectivity index (χ1v) is 12.6. The second kappa shape index (κ2) is 10.1. The number of likely N-dealkylation sites (tertiary alicyclic amines) is 1. The van der Waals surface area contributed by atoms with Crippen LogP contribution >= 0.6 is 0 Å². The molecule has 4 aromatic rings. The van der Waals surface area contributed by atoms with Gasteiger partial charge in [-0.1, -0.05) is 0 Å². The van der Waals surface area contributed by atoms with E-state index in [-0.39, 0.29) is 34.4 Å². The second-order valence-electron chi connectivity index (χ2n) is 10.1. The Morgan fingerprint density at radius 1 is 1.23 bits per heavy atom. The largest absolute Gasteiger partial charge is 0.452 e. The Bertz CT molecular complexity index is 1650. The molecule has 1 fully saturated rings. The van der Waals surface area contributed by atoms with Crippen molar-refractivity contribution in [1.29, 1.82) is 0 Å². The van der Waals surface area contributed by atoms with Gasteiger partial charge in [-0.3, -0.25) is 19.0 Å². The summed E-state index contributed by atoms with van der Waals surface area (Å²) in [4.78, 5) is 33.3. The van der Waals surface area contributed by atoms with Gasteiger partial charge in [0.05, 0.1) is 11.6 Å². The van der Waals surface area contributed by atoms with E-state index < -0.39 is 40.9 Å². The molecule has 14 heteroatoms. The van der Waals surface area contributed by atoms with E-state index in [1.54, 1.807) is 20.9 Å². The minimum Gasteiger partial charge on any atom is -0.452 e. The molecule has 1 amide bonds. The number of nitrogens with two attached hydrogens (primary N) is 1. The number of ether oxygens (including phenoxy) is 1. The van der Waals surface area contributed by atoms with Crippen molar-refractivity contribution in [2.75, 3.05) is 20.1 Å². The maximum atomic E-state index is 15.4. The zero-order valence-corrected chi connectivity index (χ0v) is 21.9. The van der Waals surface area contributed by atoms with Crippen molar-refractivity contribution in [3.05, 3.63) is 58.0 Å². The van der Waals surface area contributed by atoms with Gasteiger partial charge in [0.15, 0.2) is 28.7 Å². The normalized spacial score (nSPS) is 16.6. The highest BCUT2D eigenvalue weighted by Crippen LogP contribution is 2.40. The molecule has 1 saturated heterocycles. The van der Waals surface area contributed by atoms with Gasteiger partial charge in [-0.05, 0) is 58.5 Å². The van der Waals surface area contributed by atoms with Crippen LogP contribution in [0.2, 0.25) is 0 Å². The Balaban J connectivity index is 1.59. The molecule has 0 spiro atoms. The monoisotopic (exact) mass is 561 g/mol. The van der Waals surface area contributed by atoms with Crippen molar-refractivity contribution in [1.82, 2.24) is 29.2 Å². The Morgan fingerprint density at radius 2 is 1.98 bits per heavy atom. The van der Waals surface area contributed by atoms with E-state index in [1.807, 2.05) is 4.90 Å². The van der Waals surface area contributed by atoms with Crippen molar-refractivity contribution in [3.63, 3.8) is 0 Å². The summed E-state index contributed by atoms with van der Waals surface area (Å²) in [6.07, 6.45) is -2.47. The summed E-state index contributed by atoms with van der Waals surface area (Å²) in [6.45, 7) is 4.60. The number of H-pyrrole nitrogens is 1. The van der Waals surface area contributed by atoms with E-state index in [9.17, 15) is 22.8 Å². The molecule has 1 aromatic carbocycles. The van der Waals surface area contributed by atoms with Crippen LogP contribution in [0.25, 0.3) is 22.4 Å². The fourth-order valence-electron chi connectivity index (χ4n) is 5.19. The molecule has 10 nitrogen and oxygen atoms in total. The minimum atomic E-state index is -4.93. The maximum Gasteiger partial charge on any atom is 0.433 e. The van der Waals surface area contributed by atoms with Gasteiger partial charge in [-0.15, -0.1) is 0 Å². The van der Waals surface area contributed by atoms with Crippen LogP contribution in [0.5, 0.6) is 11.5 Å². The van der Waals surface area contributed by atoms with E-state index in [0.29, 0.717) is 24.9 Å². The summed E-state index contributed by atoms with van der Waals surface area (Å²) >= 11 is 0. The number of fused-ring (bicyclic) bond motifs is 1. The summed E-state index contributed by atoms with van der Waals surface area (Å²) in [5.41, 5.74) is 3.06. The van der Waals surface area contributed by atoms with E-state index in [1.165, 1.54) is 29.0 Å². The topological polar surface area (TPSA) is 124 Å². The lowest BCUT2D eigenvalue weighted by molar-refractivity contribution is -0.145. The van der Waals surface area contributed by atoms with Crippen LogP contribution in [0.15, 0.2) is 35.3 Å². The van der Waals surface area contributed by atoms with Crippen molar-refractivity contribution in [2.45, 2.75) is 44.9 Å². The molecule has 212 valence electrons. The highest BCUT2D eigenvalue weighted by atomic mass is 19.4. The van der Waals surface area contributed by atoms with Gasteiger partial charge in [0.25, 0.3) is 5.91 Å². The van der Waals surface area contributed by atoms with Crippen molar-refractivity contribution in [3.8, 4) is 22.8 Å². The number of hydrogen-bond acceptors (Lipinski definition) is 6. The summed E-state index contributed by atoms with van der Waals surface area (Å²) in [5.74, 6) is -2.36. The van der Waals surface area contributed by atoms with E-state index in [4.69, 9.17) is 10.5 Å². The van der Waals surface area contributed by atoms with Gasteiger partial charge >= 0.3 is 11.9 Å². The number of benzene rings is 1. The number of nitrogens with zero attached hydrogens (tertiary/aromatic N) is 5. The number of aromatic amines is 1. The Morgan fingerprint density at radius 3 is 2.60 bits per heavy atom. The molecule has 1 aliphatic rings. The Labute approximate surface area is 225 Å². The standard InChI is InChI=1S/C26H27F4N7O3/c1-13(2)36-21-18(8-9-32-24(21)33-25(36)39)40-17-7-6-14(11-16(17)27)20-19(23(31)38)22(26(28,29)30)37(34-20)15-5-4-10-35(3)12-15/h6-9,11,13,15H,4-5,10,12H2,1-3H3,(H2,31,38)(H,32,33,39). The number of carbonyl (C=O) groups is 1. The molecule has 40 heavy (non-hydrogen) atoms. The number of nitrogens with one attached hydrogen (secondary N) is 1. The first-order valence-electron chi connectivity index (χ1n) is 12.6. The predicted molar refractivity (Wildman–Crippen MR) is 138 cm³/mol. The second-order valence-corrected chi connectivity index (χ2v) is 10.1. The zero-order chi connectivity index (χ0) is 28.9. The number of halogens is 4. The summed E-state index contributed by atoms with van der Waals surface area (Å²) in [7, 11) is 1.79. The first kappa shape index (κ1) is 27.4. The number of likely N-dealkylation sites (N-methyl/N-ethyl adjacent to an activating group) is 1. The molecule has 5 rings (SSSR count). The lowest BCUT2D eigenvalue weighted by Crippen LogP contribution is -2.36. The lowest BCUT2D eigenvalue weighted by atomic mass is 10.0. The van der Waals surface area contributed by atoms with Crippen LogP contribution in [0.3, 0.4) is 0 Å². The smallest absolute Gasteiger partial charge is 0.433 e. The van der Waals surface area contributed by atoms with Crippen molar-refractivity contribution < 1.29 is 27.1 Å². The summed E-state index contributed by atoms with van der Waals surface area (Å²) in [6, 6.07) is 4.01. The van der Waals surface area contributed by atoms with Gasteiger partial charge in [-0.25, -0.2) is 14.2 Å². The Kier molecular flexibility index (Phi) is 6.90. The third kappa shape index (κ3) is 4.83. The minimum absolute atomic E-state index is 0.0762. The molecule has 3 aromatic heterocycles. The molecular weight excluding hydrogens is 534 g/mol. The maximum absolute atomic E-state index is 15.4. The van der Waals surface area contributed by atoms with Crippen LogP contribution < -0.4 is 16.2 Å². The van der Waals surface area contributed by atoms with Crippen LogP contribution in [0.4, 0.5) is 17.6 Å². The first-order chi connectivity index (χ1) is 18.9. The SMILES string of the molecule is CC(C)n1c(=O)[nH]c2nccc(Oc3ccc(-c4nn(C5CCCN(C)C5)c(C(F)(F)F)c4C(N)=O)cc3F)c21. The van der Waals surface area contributed by atoms with Crippen LogP contribution in [0.1, 0.15) is 54.8 Å². The van der Waals surface area contributed by atoms with Crippen molar-refractivity contribution in [2.24, 2.45) is 5.73 Å². The summed E-state index contributed by atoms with van der Waals surface area (Å²) < 4.78 is 66.1. The van der Waals surface area contributed by atoms with Crippen LogP contribution in [-0.2, 0) is 6.18 Å². The number of hydrogen-bond donors (Lipinski definition) is 2. The van der Waals surface area contributed by atoms with Gasteiger partial charge in [-0.2, -0.15) is 18.3 Å². The third-order valence-electron chi connectivity index (χ3n) is 6.88. The highest BCUT2D eigenvalue weighted by Gasteiger charge is 2.44. The quantitative estimate of drug-likeness (QED) is 0.335. The molecule has 3 N–H and O–H groups in total. The molecule has 1 unspecified atom stereocenters. The average Bonchev–Trinajstić information content (AvgIpc) is 3.44. The number of aromatic nitrogens is 5. The van der Waals surface area contributed by atoms with Crippen LogP contribution in [-0.4, -0.2) is 55.3 Å². The van der Waals surface area contributed by atoms with Crippen LogP contribution in [0, 0.1) is 5.82 Å². The number of rotatable bonds is 6. The number of piperidine rings is 1. The molecular formula is C26H27F4N7O3. The number of alkyl halides is 3. The van der Waals surface area contributed by atoms with E-state index >= 15 is 4.39 Å². The predicted octanol–water partition coefficient (Wildman–Crippen LogP) is 4.48. The van der Waals surface area contributed by atoms with E-state index in [0.717, 1.165) is 17.3 Å². The van der Waals surface area contributed by atoms with Gasteiger partial charge < -0.3 is 15.4 Å². The van der Waals surface area contributed by atoms with Gasteiger partial charge in [0, 0.05) is 30.4 Å². The molecule has 0 bridgehead atoms.